The van der Waals surface area contributed by atoms with Gasteiger partial charge < -0.3 is 15.2 Å². The molecule has 1 fully saturated rings. The first kappa shape index (κ1) is 16.4. The Balaban J connectivity index is 2.04. The van der Waals surface area contributed by atoms with Crippen LogP contribution >= 0.6 is 0 Å². The molecule has 0 radical (unpaired) electrons. The van der Waals surface area contributed by atoms with Gasteiger partial charge in [-0.3, -0.25) is 9.59 Å². The molecule has 5 nitrogen and oxygen atoms in total. The van der Waals surface area contributed by atoms with Gasteiger partial charge in [0.15, 0.2) is 0 Å². The fourth-order valence-electron chi connectivity index (χ4n) is 2.68. The lowest BCUT2D eigenvalue weighted by Crippen LogP contribution is -2.44. The number of nitrogens with one attached hydrogen (secondary N) is 1. The molecule has 2 rings (SSSR count). The summed E-state index contributed by atoms with van der Waals surface area (Å²) in [6, 6.07) is 4.79. The maximum Gasteiger partial charge on any atom is 0.305 e. The number of carbonyl (C=O) groups is 2. The van der Waals surface area contributed by atoms with Crippen LogP contribution in [0.5, 0.6) is 0 Å². The molecule has 0 saturated heterocycles. The molecule has 1 unspecified atom stereocenters. The summed E-state index contributed by atoms with van der Waals surface area (Å²) in [5.41, 5.74) is 0.151. The van der Waals surface area contributed by atoms with E-state index >= 15 is 0 Å². The van der Waals surface area contributed by atoms with E-state index in [2.05, 4.69) is 5.32 Å². The molecule has 0 bridgehead atoms. The molecule has 1 aromatic rings. The van der Waals surface area contributed by atoms with Crippen molar-refractivity contribution >= 4 is 11.9 Å². The van der Waals surface area contributed by atoms with E-state index in [1.165, 1.54) is 24.3 Å². The lowest BCUT2D eigenvalue weighted by Gasteiger charge is -2.40. The summed E-state index contributed by atoms with van der Waals surface area (Å²) in [7, 11) is 1.58. The minimum atomic E-state index is -1.03. The Labute approximate surface area is 128 Å². The van der Waals surface area contributed by atoms with Crippen LogP contribution in [0.4, 0.5) is 4.39 Å². The largest absolute Gasteiger partial charge is 0.481 e. The van der Waals surface area contributed by atoms with Gasteiger partial charge >= 0.3 is 5.97 Å². The summed E-state index contributed by atoms with van der Waals surface area (Å²) in [5, 5.41) is 11.7. The highest BCUT2D eigenvalue weighted by Crippen LogP contribution is 2.38. The van der Waals surface area contributed by atoms with Crippen LogP contribution in [0.25, 0.3) is 0 Å². The van der Waals surface area contributed by atoms with E-state index in [0.717, 1.165) is 19.3 Å². The van der Waals surface area contributed by atoms with Gasteiger partial charge in [0.1, 0.15) is 5.82 Å². The Morgan fingerprint density at radius 3 is 2.45 bits per heavy atom. The third-order valence-electron chi connectivity index (χ3n) is 4.17. The summed E-state index contributed by atoms with van der Waals surface area (Å²) in [5.74, 6) is -1.69. The second-order valence-electron chi connectivity index (χ2n) is 5.69. The molecule has 0 spiro atoms. The second-order valence-corrected chi connectivity index (χ2v) is 5.69. The molecule has 0 heterocycles. The van der Waals surface area contributed by atoms with Crippen molar-refractivity contribution in [2.45, 2.75) is 43.7 Å². The van der Waals surface area contributed by atoms with E-state index in [0.29, 0.717) is 5.56 Å². The van der Waals surface area contributed by atoms with Gasteiger partial charge in [-0.15, -0.1) is 0 Å². The Kier molecular flexibility index (Phi) is 5.13. The van der Waals surface area contributed by atoms with Crippen LogP contribution in [0.3, 0.4) is 0 Å². The van der Waals surface area contributed by atoms with Crippen molar-refractivity contribution in [3.63, 3.8) is 0 Å². The van der Waals surface area contributed by atoms with Crippen LogP contribution in [0.15, 0.2) is 24.3 Å². The molecule has 6 heteroatoms. The zero-order valence-corrected chi connectivity index (χ0v) is 12.5. The van der Waals surface area contributed by atoms with Crippen molar-refractivity contribution in [3.8, 4) is 0 Å². The fraction of sp³-hybridized carbons (Fsp3) is 0.500. The summed E-state index contributed by atoms with van der Waals surface area (Å²) in [4.78, 5) is 23.2. The molecular formula is C16H20FNO4. The smallest absolute Gasteiger partial charge is 0.305 e. The summed E-state index contributed by atoms with van der Waals surface area (Å²) in [6.45, 7) is 0. The van der Waals surface area contributed by atoms with Crippen molar-refractivity contribution in [3.05, 3.63) is 35.6 Å². The standard InChI is InChI=1S/C16H20FNO4/c1-22-16(7-2-8-16)10-14(19)18-13(9-15(20)21)11-3-5-12(17)6-4-11/h3-6,13H,2,7-10H2,1H3,(H,18,19)(H,20,21). The zero-order chi connectivity index (χ0) is 16.2. The summed E-state index contributed by atoms with van der Waals surface area (Å²) < 4.78 is 18.4. The summed E-state index contributed by atoms with van der Waals surface area (Å²) >= 11 is 0. The average molecular weight is 309 g/mol. The first-order valence-electron chi connectivity index (χ1n) is 7.26. The van der Waals surface area contributed by atoms with Crippen LogP contribution in [-0.2, 0) is 14.3 Å². The molecule has 0 aromatic heterocycles. The van der Waals surface area contributed by atoms with E-state index in [1.807, 2.05) is 0 Å². The molecular weight excluding hydrogens is 289 g/mol. The lowest BCUT2D eigenvalue weighted by atomic mass is 9.77. The van der Waals surface area contributed by atoms with Crippen molar-refractivity contribution in [2.24, 2.45) is 0 Å². The van der Waals surface area contributed by atoms with Crippen LogP contribution in [0.2, 0.25) is 0 Å². The monoisotopic (exact) mass is 309 g/mol. The topological polar surface area (TPSA) is 75.6 Å². The average Bonchev–Trinajstić information content (AvgIpc) is 2.42. The predicted molar refractivity (Wildman–Crippen MR) is 77.7 cm³/mol. The van der Waals surface area contributed by atoms with E-state index in [4.69, 9.17) is 9.84 Å². The number of carbonyl (C=O) groups excluding carboxylic acids is 1. The number of carboxylic acids is 1. The van der Waals surface area contributed by atoms with Gasteiger partial charge in [-0.25, -0.2) is 4.39 Å². The second kappa shape index (κ2) is 6.87. The van der Waals surface area contributed by atoms with Gasteiger partial charge in [0.25, 0.3) is 0 Å². The number of rotatable bonds is 7. The molecule has 2 N–H and O–H groups in total. The molecule has 120 valence electrons. The number of carboxylic acid groups (broad SMARTS) is 1. The minimum Gasteiger partial charge on any atom is -0.481 e. The molecule has 22 heavy (non-hydrogen) atoms. The van der Waals surface area contributed by atoms with E-state index in [-0.39, 0.29) is 18.7 Å². The maximum absolute atomic E-state index is 13.0. The van der Waals surface area contributed by atoms with Gasteiger partial charge in [-0.1, -0.05) is 12.1 Å². The first-order valence-corrected chi connectivity index (χ1v) is 7.26. The molecule has 1 saturated carbocycles. The number of aliphatic carboxylic acids is 1. The van der Waals surface area contributed by atoms with Crippen LogP contribution < -0.4 is 5.32 Å². The number of hydrogen-bond donors (Lipinski definition) is 2. The van der Waals surface area contributed by atoms with Gasteiger partial charge in [-0.05, 0) is 37.0 Å². The Hall–Kier alpha value is -1.95. The third-order valence-corrected chi connectivity index (χ3v) is 4.17. The first-order chi connectivity index (χ1) is 10.4. The third kappa shape index (κ3) is 4.04. The van der Waals surface area contributed by atoms with E-state index < -0.39 is 23.4 Å². The van der Waals surface area contributed by atoms with Crippen molar-refractivity contribution in [1.82, 2.24) is 5.32 Å². The van der Waals surface area contributed by atoms with Crippen LogP contribution in [0, 0.1) is 5.82 Å². The van der Waals surface area contributed by atoms with Gasteiger partial charge in [0.2, 0.25) is 5.91 Å². The normalized spacial score (nSPS) is 17.4. The Morgan fingerprint density at radius 1 is 1.36 bits per heavy atom. The number of hydrogen-bond acceptors (Lipinski definition) is 3. The van der Waals surface area contributed by atoms with Gasteiger partial charge in [-0.2, -0.15) is 0 Å². The van der Waals surface area contributed by atoms with Gasteiger partial charge in [0.05, 0.1) is 24.5 Å². The van der Waals surface area contributed by atoms with Crippen molar-refractivity contribution in [2.75, 3.05) is 7.11 Å². The van der Waals surface area contributed by atoms with E-state index in [9.17, 15) is 14.0 Å². The Bertz CT molecular complexity index is 534. The van der Waals surface area contributed by atoms with E-state index in [1.54, 1.807) is 7.11 Å². The highest BCUT2D eigenvalue weighted by molar-refractivity contribution is 5.79. The molecule has 1 aliphatic rings. The molecule has 1 atom stereocenters. The number of benzene rings is 1. The molecule has 1 aliphatic carbocycles. The van der Waals surface area contributed by atoms with Crippen LogP contribution in [-0.4, -0.2) is 29.7 Å². The number of ether oxygens (including phenoxy) is 1. The minimum absolute atomic E-state index is 0.209. The quantitative estimate of drug-likeness (QED) is 0.811. The number of amides is 1. The highest BCUT2D eigenvalue weighted by Gasteiger charge is 2.39. The molecule has 1 amide bonds. The fourth-order valence-corrected chi connectivity index (χ4v) is 2.68. The number of methoxy groups -OCH3 is 1. The van der Waals surface area contributed by atoms with Crippen molar-refractivity contribution < 1.29 is 23.8 Å². The van der Waals surface area contributed by atoms with Crippen molar-refractivity contribution in [1.29, 1.82) is 0 Å². The van der Waals surface area contributed by atoms with Gasteiger partial charge in [0, 0.05) is 7.11 Å². The van der Waals surface area contributed by atoms with Crippen LogP contribution in [0.1, 0.15) is 43.7 Å². The predicted octanol–water partition coefficient (Wildman–Crippen LogP) is 2.42. The zero-order valence-electron chi connectivity index (χ0n) is 12.5. The Morgan fingerprint density at radius 2 is 2.00 bits per heavy atom. The summed E-state index contributed by atoms with van der Waals surface area (Å²) in [6.07, 6.45) is 2.64. The lowest BCUT2D eigenvalue weighted by molar-refractivity contribution is -0.138. The maximum atomic E-state index is 13.0. The molecule has 0 aliphatic heterocycles. The molecule has 1 aromatic carbocycles. The number of halogens is 1. The SMILES string of the molecule is COC1(CC(=O)NC(CC(=O)O)c2ccc(F)cc2)CCC1. The highest BCUT2D eigenvalue weighted by atomic mass is 19.1.